The van der Waals surface area contributed by atoms with Gasteiger partial charge < -0.3 is 15.0 Å². The molecule has 2 aliphatic rings. The van der Waals surface area contributed by atoms with Crippen LogP contribution in [0, 0.1) is 0 Å². The number of nitrogens with one attached hydrogen (secondary N) is 2. The van der Waals surface area contributed by atoms with E-state index in [1.807, 2.05) is 36.4 Å². The first kappa shape index (κ1) is 17.3. The Kier molecular flexibility index (Phi) is 4.83. The van der Waals surface area contributed by atoms with Crippen LogP contribution >= 0.6 is 0 Å². The maximum Gasteiger partial charge on any atom is 0.252 e. The van der Waals surface area contributed by atoms with Gasteiger partial charge in [-0.15, -0.1) is 0 Å². The van der Waals surface area contributed by atoms with Crippen LogP contribution in [0.25, 0.3) is 11.3 Å². The van der Waals surface area contributed by atoms with Crippen molar-refractivity contribution < 1.29 is 4.74 Å². The van der Waals surface area contributed by atoms with Crippen LogP contribution in [-0.4, -0.2) is 42.2 Å². The molecule has 1 aromatic carbocycles. The molecule has 1 aromatic heterocycles. The fourth-order valence-electron chi connectivity index (χ4n) is 4.52. The van der Waals surface area contributed by atoms with Crippen LogP contribution in [0.4, 0.5) is 0 Å². The highest BCUT2D eigenvalue weighted by molar-refractivity contribution is 5.66. The van der Waals surface area contributed by atoms with Crippen molar-refractivity contribution in [3.8, 4) is 17.0 Å². The molecule has 1 saturated carbocycles. The van der Waals surface area contributed by atoms with E-state index in [9.17, 15) is 4.79 Å². The number of para-hydroxylation sites is 1. The number of benzene rings is 1. The molecule has 138 valence electrons. The lowest BCUT2D eigenvalue weighted by atomic mass is 9.92. The minimum Gasteiger partial charge on any atom is -0.496 e. The first-order chi connectivity index (χ1) is 12.7. The van der Waals surface area contributed by atoms with Gasteiger partial charge in [0.05, 0.1) is 12.8 Å². The van der Waals surface area contributed by atoms with Crippen molar-refractivity contribution in [2.75, 3.05) is 26.7 Å². The Bertz CT molecular complexity index is 824. The zero-order valence-electron chi connectivity index (χ0n) is 15.4. The quantitative estimate of drug-likeness (QED) is 0.887. The number of hydrogen-bond acceptors (Lipinski definition) is 4. The van der Waals surface area contributed by atoms with Gasteiger partial charge in [-0.2, -0.15) is 0 Å². The smallest absolute Gasteiger partial charge is 0.252 e. The summed E-state index contributed by atoms with van der Waals surface area (Å²) in [6.45, 7) is 3.78. The molecule has 4 rings (SSSR count). The van der Waals surface area contributed by atoms with Gasteiger partial charge in [0.2, 0.25) is 0 Å². The van der Waals surface area contributed by atoms with Crippen molar-refractivity contribution in [2.45, 2.75) is 37.8 Å². The molecule has 0 unspecified atom stereocenters. The minimum absolute atomic E-state index is 0.0000794. The molecule has 0 atom stereocenters. The average Bonchev–Trinajstić information content (AvgIpc) is 3.14. The Morgan fingerprint density at radius 3 is 2.73 bits per heavy atom. The van der Waals surface area contributed by atoms with Crippen LogP contribution in [-0.2, 0) is 6.54 Å². The second kappa shape index (κ2) is 7.25. The van der Waals surface area contributed by atoms with Gasteiger partial charge in [-0.3, -0.25) is 9.69 Å². The van der Waals surface area contributed by atoms with Gasteiger partial charge in [0, 0.05) is 42.8 Å². The molecule has 1 saturated heterocycles. The monoisotopic (exact) mass is 353 g/mol. The topological polar surface area (TPSA) is 57.4 Å². The molecule has 0 amide bonds. The standard InChI is InChI=1S/C21H27N3O2/c1-26-19-7-3-2-6-17(19)18-9-8-16(20(25)23-18)14-24-13-12-22-15-21(24)10-4-5-11-21/h2-3,6-9,22H,4-5,10-15H2,1H3,(H,23,25). The maximum atomic E-state index is 12.8. The summed E-state index contributed by atoms with van der Waals surface area (Å²) in [7, 11) is 1.65. The van der Waals surface area contributed by atoms with Gasteiger partial charge in [0.15, 0.2) is 0 Å². The summed E-state index contributed by atoms with van der Waals surface area (Å²) in [5, 5.41) is 3.55. The fraction of sp³-hybridized carbons (Fsp3) is 0.476. The number of methoxy groups -OCH3 is 1. The van der Waals surface area contributed by atoms with E-state index >= 15 is 0 Å². The third kappa shape index (κ3) is 3.17. The van der Waals surface area contributed by atoms with E-state index in [4.69, 9.17) is 4.74 Å². The molecule has 2 fully saturated rings. The Morgan fingerprint density at radius 1 is 1.15 bits per heavy atom. The number of ether oxygens (including phenoxy) is 1. The Balaban J connectivity index is 1.59. The average molecular weight is 353 g/mol. The largest absolute Gasteiger partial charge is 0.496 e. The number of hydrogen-bond donors (Lipinski definition) is 2. The van der Waals surface area contributed by atoms with E-state index in [0.29, 0.717) is 0 Å². The lowest BCUT2D eigenvalue weighted by Crippen LogP contribution is -2.59. The molecule has 5 heteroatoms. The number of nitrogens with zero attached hydrogens (tertiary/aromatic N) is 1. The molecule has 2 aromatic rings. The van der Waals surface area contributed by atoms with Crippen molar-refractivity contribution in [1.29, 1.82) is 0 Å². The van der Waals surface area contributed by atoms with Crippen LogP contribution in [0.1, 0.15) is 31.2 Å². The number of aromatic amines is 1. The SMILES string of the molecule is COc1ccccc1-c1ccc(CN2CCNCC23CCCC3)c(=O)[nH]1. The summed E-state index contributed by atoms with van der Waals surface area (Å²) >= 11 is 0. The fourth-order valence-corrected chi connectivity index (χ4v) is 4.52. The highest BCUT2D eigenvalue weighted by atomic mass is 16.5. The van der Waals surface area contributed by atoms with Gasteiger partial charge in [0.25, 0.3) is 5.56 Å². The zero-order valence-corrected chi connectivity index (χ0v) is 15.4. The highest BCUT2D eigenvalue weighted by Gasteiger charge is 2.41. The van der Waals surface area contributed by atoms with Crippen molar-refractivity contribution in [3.63, 3.8) is 0 Å². The normalized spacial score (nSPS) is 19.7. The summed E-state index contributed by atoms with van der Waals surface area (Å²) < 4.78 is 5.42. The van der Waals surface area contributed by atoms with E-state index in [2.05, 4.69) is 15.2 Å². The summed E-state index contributed by atoms with van der Waals surface area (Å²) in [6.07, 6.45) is 5.05. The molecule has 2 N–H and O–H groups in total. The van der Waals surface area contributed by atoms with Gasteiger partial charge in [-0.1, -0.05) is 31.0 Å². The molecule has 0 radical (unpaired) electrons. The van der Waals surface area contributed by atoms with Crippen LogP contribution in [0.5, 0.6) is 5.75 Å². The number of rotatable bonds is 4. The van der Waals surface area contributed by atoms with Gasteiger partial charge >= 0.3 is 0 Å². The second-order valence-corrected chi connectivity index (χ2v) is 7.46. The lowest BCUT2D eigenvalue weighted by Gasteiger charge is -2.45. The van der Waals surface area contributed by atoms with Crippen LogP contribution in [0.2, 0.25) is 0 Å². The Hall–Kier alpha value is -2.11. The van der Waals surface area contributed by atoms with Crippen molar-refractivity contribution >= 4 is 0 Å². The maximum absolute atomic E-state index is 12.8. The van der Waals surface area contributed by atoms with E-state index < -0.39 is 0 Å². The van der Waals surface area contributed by atoms with Crippen molar-refractivity contribution in [3.05, 3.63) is 52.3 Å². The van der Waals surface area contributed by atoms with Crippen LogP contribution < -0.4 is 15.6 Å². The lowest BCUT2D eigenvalue weighted by molar-refractivity contribution is 0.0569. The molecular weight excluding hydrogens is 326 g/mol. The van der Waals surface area contributed by atoms with E-state index in [1.165, 1.54) is 25.7 Å². The van der Waals surface area contributed by atoms with Crippen LogP contribution in [0.15, 0.2) is 41.2 Å². The van der Waals surface area contributed by atoms with Gasteiger partial charge in [-0.05, 0) is 31.0 Å². The van der Waals surface area contributed by atoms with Crippen LogP contribution in [0.3, 0.4) is 0 Å². The molecule has 1 aliphatic heterocycles. The first-order valence-electron chi connectivity index (χ1n) is 9.53. The van der Waals surface area contributed by atoms with Crippen molar-refractivity contribution in [1.82, 2.24) is 15.2 Å². The summed E-state index contributed by atoms with van der Waals surface area (Å²) in [5.74, 6) is 0.767. The first-order valence-corrected chi connectivity index (χ1v) is 9.53. The summed E-state index contributed by atoms with van der Waals surface area (Å²) in [4.78, 5) is 18.3. The number of H-pyrrole nitrogens is 1. The molecule has 5 nitrogen and oxygen atoms in total. The minimum atomic E-state index is 0.0000794. The number of pyridine rings is 1. The number of piperazine rings is 1. The van der Waals surface area contributed by atoms with Gasteiger partial charge in [-0.25, -0.2) is 0 Å². The third-order valence-corrected chi connectivity index (χ3v) is 5.97. The van der Waals surface area contributed by atoms with Gasteiger partial charge in [0.1, 0.15) is 5.75 Å². The highest BCUT2D eigenvalue weighted by Crippen LogP contribution is 2.36. The molecule has 0 bridgehead atoms. The number of aromatic nitrogens is 1. The molecular formula is C21H27N3O2. The molecule has 2 heterocycles. The van der Waals surface area contributed by atoms with E-state index in [-0.39, 0.29) is 11.1 Å². The predicted molar refractivity (Wildman–Crippen MR) is 104 cm³/mol. The molecule has 1 spiro atoms. The van der Waals surface area contributed by atoms with Crippen molar-refractivity contribution in [2.24, 2.45) is 0 Å². The van der Waals surface area contributed by atoms with E-state index in [0.717, 1.165) is 48.7 Å². The third-order valence-electron chi connectivity index (χ3n) is 5.97. The summed E-state index contributed by atoms with van der Waals surface area (Å²) in [6, 6.07) is 11.7. The van der Waals surface area contributed by atoms with E-state index in [1.54, 1.807) is 7.11 Å². The second-order valence-electron chi connectivity index (χ2n) is 7.46. The Morgan fingerprint density at radius 2 is 1.96 bits per heavy atom. The summed E-state index contributed by atoms with van der Waals surface area (Å²) in [5.41, 5.74) is 2.79. The Labute approximate surface area is 154 Å². The zero-order chi connectivity index (χ0) is 18.0. The molecule has 26 heavy (non-hydrogen) atoms. The predicted octanol–water partition coefficient (Wildman–Crippen LogP) is 2.77. The molecule has 1 aliphatic carbocycles.